The predicted octanol–water partition coefficient (Wildman–Crippen LogP) is 8.33. The van der Waals surface area contributed by atoms with Gasteiger partial charge in [0.15, 0.2) is 0 Å². The van der Waals surface area contributed by atoms with Gasteiger partial charge in [0, 0.05) is 35.1 Å². The second kappa shape index (κ2) is 22.7. The average Bonchev–Trinajstić information content (AvgIpc) is 3.11. The molecule has 0 unspecified atom stereocenters. The first-order valence-electron chi connectivity index (χ1n) is 16.3. The fourth-order valence-corrected chi connectivity index (χ4v) is 5.12. The third kappa shape index (κ3) is 15.8. The number of rotatable bonds is 21. The van der Waals surface area contributed by atoms with E-state index in [0.717, 1.165) is 73.0 Å². The van der Waals surface area contributed by atoms with Crippen LogP contribution < -0.4 is 9.47 Å². The lowest BCUT2D eigenvalue weighted by Gasteiger charge is -2.07. The molecule has 0 amide bonds. The molecule has 0 aliphatic rings. The first kappa shape index (κ1) is 38.7. The molecule has 3 aromatic rings. The van der Waals surface area contributed by atoms with Crippen LogP contribution in [-0.2, 0) is 23.8 Å². The van der Waals surface area contributed by atoms with Crippen LogP contribution in [0.25, 0.3) is 0 Å². The van der Waals surface area contributed by atoms with Gasteiger partial charge in [-0.05, 0) is 130 Å². The van der Waals surface area contributed by atoms with Crippen molar-refractivity contribution in [1.82, 2.24) is 0 Å². The van der Waals surface area contributed by atoms with Gasteiger partial charge >= 0.3 is 11.9 Å². The lowest BCUT2D eigenvalue weighted by atomic mass is 10.2. The van der Waals surface area contributed by atoms with Crippen LogP contribution in [-0.4, -0.2) is 50.6 Å². The van der Waals surface area contributed by atoms with Crippen LogP contribution in [0.5, 0.6) is 11.5 Å². The summed E-state index contributed by atoms with van der Waals surface area (Å²) in [7, 11) is 1.51. The van der Waals surface area contributed by atoms with E-state index >= 15 is 0 Å². The molecule has 8 nitrogen and oxygen atoms in total. The summed E-state index contributed by atoms with van der Waals surface area (Å²) in [5.41, 5.74) is 2.65. The Morgan fingerprint density at radius 3 is 1.82 bits per heavy atom. The number of hydrogen-bond acceptors (Lipinski definition) is 9. The van der Waals surface area contributed by atoms with Crippen molar-refractivity contribution in [3.8, 4) is 23.3 Å². The standard InChI is InChI=1S/C40H44O8S/c1-4-45-38(41)12-8-7-11-28-47-36-23-19-34(20-24-36)40(43)49-37-25-17-33(18-26-37)14-13-32-15-21-35(22-16-32)46-27-9-5-6-10-29-48-39(42)31(2)30-44-3/h4,15-26H,1-2,5-12,27-30H2,3H3. The number of methoxy groups -OCH3 is 1. The monoisotopic (exact) mass is 684 g/mol. The molecule has 0 N–H and O–H groups in total. The molecule has 258 valence electrons. The molecule has 3 rings (SSSR count). The number of esters is 2. The summed E-state index contributed by atoms with van der Waals surface area (Å²) in [6.45, 7) is 8.71. The lowest BCUT2D eigenvalue weighted by Crippen LogP contribution is -2.11. The molecule has 0 aromatic heterocycles. The number of hydrogen-bond donors (Lipinski definition) is 0. The van der Waals surface area contributed by atoms with Crippen molar-refractivity contribution < 1.29 is 38.1 Å². The molecule has 0 heterocycles. The van der Waals surface area contributed by atoms with Crippen molar-refractivity contribution in [1.29, 1.82) is 0 Å². The van der Waals surface area contributed by atoms with Crippen molar-refractivity contribution in [3.63, 3.8) is 0 Å². The second-order valence-corrected chi connectivity index (χ2v) is 12.0. The summed E-state index contributed by atoms with van der Waals surface area (Å²) >= 11 is 1.17. The van der Waals surface area contributed by atoms with Gasteiger partial charge in [0.1, 0.15) is 11.5 Å². The van der Waals surface area contributed by atoms with Gasteiger partial charge in [-0.25, -0.2) is 4.79 Å². The largest absolute Gasteiger partial charge is 0.494 e. The van der Waals surface area contributed by atoms with Gasteiger partial charge < -0.3 is 23.7 Å². The van der Waals surface area contributed by atoms with E-state index < -0.39 is 5.97 Å². The maximum Gasteiger partial charge on any atom is 0.335 e. The van der Waals surface area contributed by atoms with Crippen molar-refractivity contribution in [3.05, 3.63) is 114 Å². The Hall–Kier alpha value is -4.78. The van der Waals surface area contributed by atoms with Crippen molar-refractivity contribution >= 4 is 28.8 Å². The van der Waals surface area contributed by atoms with Crippen LogP contribution in [0, 0.1) is 11.8 Å². The maximum atomic E-state index is 12.8. The maximum absolute atomic E-state index is 12.8. The summed E-state index contributed by atoms with van der Waals surface area (Å²) < 4.78 is 26.3. The molecule has 0 saturated carbocycles. The van der Waals surface area contributed by atoms with Gasteiger partial charge in [-0.1, -0.05) is 25.0 Å². The number of carbonyl (C=O) groups is 3. The molecule has 9 heteroatoms. The number of thioether (sulfide) groups is 1. The molecule has 49 heavy (non-hydrogen) atoms. The zero-order chi connectivity index (χ0) is 35.1. The minimum Gasteiger partial charge on any atom is -0.494 e. The Morgan fingerprint density at radius 2 is 1.24 bits per heavy atom. The molecule has 0 atom stereocenters. The Balaban J connectivity index is 1.31. The van der Waals surface area contributed by atoms with E-state index in [2.05, 4.69) is 25.0 Å². The van der Waals surface area contributed by atoms with Crippen LogP contribution in [0.1, 0.15) is 72.9 Å². The van der Waals surface area contributed by atoms with E-state index in [9.17, 15) is 14.4 Å². The zero-order valence-electron chi connectivity index (χ0n) is 28.1. The van der Waals surface area contributed by atoms with Crippen LogP contribution in [0.3, 0.4) is 0 Å². The van der Waals surface area contributed by atoms with Crippen LogP contribution in [0.2, 0.25) is 0 Å². The van der Waals surface area contributed by atoms with E-state index in [-0.39, 0.29) is 17.7 Å². The van der Waals surface area contributed by atoms with E-state index in [0.29, 0.717) is 43.1 Å². The number of benzene rings is 3. The molecular formula is C40H44O8S. The molecular weight excluding hydrogens is 640 g/mol. The van der Waals surface area contributed by atoms with Gasteiger partial charge in [0.2, 0.25) is 5.12 Å². The fourth-order valence-electron chi connectivity index (χ4n) is 4.38. The van der Waals surface area contributed by atoms with Crippen LogP contribution >= 0.6 is 11.8 Å². The molecule has 0 spiro atoms. The van der Waals surface area contributed by atoms with Crippen LogP contribution in [0.4, 0.5) is 0 Å². The molecule has 0 fully saturated rings. The van der Waals surface area contributed by atoms with E-state index in [4.69, 9.17) is 23.7 Å². The summed E-state index contributed by atoms with van der Waals surface area (Å²) in [6.07, 6.45) is 7.56. The Bertz CT molecular complexity index is 1550. The highest BCUT2D eigenvalue weighted by molar-refractivity contribution is 8.14. The summed E-state index contributed by atoms with van der Waals surface area (Å²) in [5, 5.41) is -0.0530. The minimum absolute atomic E-state index is 0.0530. The lowest BCUT2D eigenvalue weighted by molar-refractivity contribution is -0.140. The number of unbranched alkanes of at least 4 members (excludes halogenated alkanes) is 5. The molecule has 0 bridgehead atoms. The minimum atomic E-state index is -0.405. The van der Waals surface area contributed by atoms with E-state index in [1.54, 1.807) is 24.3 Å². The fraction of sp³-hybridized carbons (Fsp3) is 0.325. The van der Waals surface area contributed by atoms with Crippen molar-refractivity contribution in [2.24, 2.45) is 0 Å². The first-order chi connectivity index (χ1) is 23.9. The average molecular weight is 685 g/mol. The molecule has 0 aliphatic heterocycles. The molecule has 0 saturated heterocycles. The smallest absolute Gasteiger partial charge is 0.335 e. The summed E-state index contributed by atoms with van der Waals surface area (Å²) in [5.74, 6) is 7.15. The Kier molecular flexibility index (Phi) is 17.9. The van der Waals surface area contributed by atoms with Crippen molar-refractivity contribution in [2.45, 2.75) is 56.3 Å². The highest BCUT2D eigenvalue weighted by atomic mass is 32.2. The van der Waals surface area contributed by atoms with Gasteiger partial charge in [-0.2, -0.15) is 0 Å². The molecule has 3 aromatic carbocycles. The highest BCUT2D eigenvalue weighted by Crippen LogP contribution is 2.24. The van der Waals surface area contributed by atoms with Gasteiger partial charge in [-0.3, -0.25) is 9.59 Å². The molecule has 0 radical (unpaired) electrons. The Morgan fingerprint density at radius 1 is 0.714 bits per heavy atom. The summed E-state index contributed by atoms with van der Waals surface area (Å²) in [4.78, 5) is 36.6. The SMILES string of the molecule is C=COC(=O)CCCCCOc1ccc(C(=O)Sc2ccc(C#Cc3ccc(OCCCCCCOC(=O)C(=C)COC)cc3)cc2)cc1. The zero-order valence-corrected chi connectivity index (χ0v) is 28.9. The van der Waals surface area contributed by atoms with Gasteiger partial charge in [0.25, 0.3) is 0 Å². The third-order valence-electron chi connectivity index (χ3n) is 7.02. The Labute approximate surface area is 293 Å². The number of ether oxygens (including phenoxy) is 5. The quantitative estimate of drug-likeness (QED) is 0.0274. The van der Waals surface area contributed by atoms with Crippen molar-refractivity contribution in [2.75, 3.05) is 33.5 Å². The summed E-state index contributed by atoms with van der Waals surface area (Å²) in [6, 6.07) is 22.4. The van der Waals surface area contributed by atoms with Crippen LogP contribution in [0.15, 0.2) is 103 Å². The van der Waals surface area contributed by atoms with E-state index in [1.807, 2.05) is 48.5 Å². The van der Waals surface area contributed by atoms with Gasteiger partial charge in [-0.15, -0.1) is 0 Å². The number of carbonyl (C=O) groups excluding carboxylic acids is 3. The van der Waals surface area contributed by atoms with E-state index in [1.165, 1.54) is 18.9 Å². The molecule has 0 aliphatic carbocycles. The topological polar surface area (TPSA) is 97.4 Å². The van der Waals surface area contributed by atoms with Gasteiger partial charge in [0.05, 0.1) is 38.3 Å². The third-order valence-corrected chi connectivity index (χ3v) is 7.95. The highest BCUT2D eigenvalue weighted by Gasteiger charge is 2.09. The first-order valence-corrected chi connectivity index (χ1v) is 17.1. The predicted molar refractivity (Wildman–Crippen MR) is 192 cm³/mol. The second-order valence-electron chi connectivity index (χ2n) is 11.0. The normalized spacial score (nSPS) is 10.3.